The van der Waals surface area contributed by atoms with Crippen LogP contribution < -0.4 is 45.4 Å². The fraction of sp³-hybridized carbons (Fsp3) is 0.370. The molecule has 0 bridgehead atoms. The van der Waals surface area contributed by atoms with Crippen molar-refractivity contribution < 1.29 is 71.7 Å². The Balaban J connectivity index is 0.000000150. The number of hydrogen-bond acceptors (Lipinski definition) is 17. The highest BCUT2D eigenvalue weighted by Gasteiger charge is 2.50. The maximum atomic E-state index is 13.3. The molecular weight excluding hydrogens is 1460 g/mol. The van der Waals surface area contributed by atoms with Crippen molar-refractivity contribution in [1.82, 2.24) is 50.7 Å². The summed E-state index contributed by atoms with van der Waals surface area (Å²) in [6.07, 6.45) is 7.73. The Morgan fingerprint density at radius 2 is 0.942 bits per heavy atom. The van der Waals surface area contributed by atoms with Gasteiger partial charge in [-0.15, -0.1) is 6.42 Å². The van der Waals surface area contributed by atoms with Crippen LogP contribution in [0.1, 0.15) is 75.9 Å². The zero-order valence-electron chi connectivity index (χ0n) is 56.9. The zero-order valence-corrected chi connectivity index (χ0v) is 60.1. The fourth-order valence-electron chi connectivity index (χ4n) is 13.4. The lowest BCUT2D eigenvalue weighted by Gasteiger charge is -2.35. The van der Waals surface area contributed by atoms with Gasteiger partial charge in [0.25, 0.3) is 30.1 Å². The maximum Gasteiger partial charge on any atom is 0.323 e. The molecule has 28 nitrogen and oxygen atoms in total. The van der Waals surface area contributed by atoms with Crippen LogP contribution in [-0.4, -0.2) is 224 Å². The van der Waals surface area contributed by atoms with E-state index >= 15 is 0 Å². The molecule has 0 aliphatic carbocycles. The first kappa shape index (κ1) is 73.6. The summed E-state index contributed by atoms with van der Waals surface area (Å²) in [4.78, 5) is 163. The summed E-state index contributed by atoms with van der Waals surface area (Å²) in [5, 5.41) is 9.35. The van der Waals surface area contributed by atoms with Gasteiger partial charge < -0.3 is 54.2 Å². The molecule has 30 heteroatoms. The third kappa shape index (κ3) is 16.2. The summed E-state index contributed by atoms with van der Waals surface area (Å²) in [5.74, 6) is 7.43. The second-order valence-electron chi connectivity index (χ2n) is 25.8. The van der Waals surface area contributed by atoms with Crippen LogP contribution >= 0.6 is 31.9 Å². The molecule has 0 radical (unpaired) electrons. The predicted molar refractivity (Wildman–Crippen MR) is 382 cm³/mol. The molecule has 5 aromatic rings. The van der Waals surface area contributed by atoms with E-state index in [0.717, 1.165) is 70.7 Å². The molecule has 9 aliphatic rings. The van der Waals surface area contributed by atoms with Gasteiger partial charge in [0.1, 0.15) is 23.6 Å². The number of imide groups is 2. The van der Waals surface area contributed by atoms with Gasteiger partial charge in [-0.1, -0.05) is 61.8 Å². The summed E-state index contributed by atoms with van der Waals surface area (Å²) in [6.45, 7) is 6.88. The van der Waals surface area contributed by atoms with Gasteiger partial charge in [-0.3, -0.25) is 73.3 Å². The Kier molecular flexibility index (Phi) is 22.6. The molecule has 0 spiro atoms. The molecule has 14 rings (SSSR count). The molecule has 5 atom stereocenters. The van der Waals surface area contributed by atoms with Gasteiger partial charge in [-0.2, -0.15) is 0 Å². The van der Waals surface area contributed by atoms with Crippen LogP contribution in [0.5, 0.6) is 11.5 Å². The number of carbonyl (C=O) groups excluding carboxylic acids is 12. The number of anilines is 3. The highest BCUT2D eigenvalue weighted by molar-refractivity contribution is 9.10. The molecular formula is C73H75Br2N13O15. The minimum Gasteiger partial charge on any atom is -0.497 e. The number of hydrogen-bond donors (Lipinski definition) is 4. The number of benzene rings is 5. The second-order valence-corrected chi connectivity index (χ2v) is 27.6. The van der Waals surface area contributed by atoms with E-state index in [1.807, 2.05) is 65.4 Å². The number of ether oxygens (including phenoxy) is 3. The number of fused-ring (bicyclic) bond motifs is 2. The number of amides is 13. The molecule has 9 aliphatic heterocycles. The highest BCUT2D eigenvalue weighted by atomic mass is 79.9. The van der Waals surface area contributed by atoms with E-state index in [1.165, 1.54) is 28.9 Å². The Morgan fingerprint density at radius 1 is 0.544 bits per heavy atom. The molecule has 4 N–H and O–H groups in total. The van der Waals surface area contributed by atoms with Gasteiger partial charge in [0, 0.05) is 134 Å². The van der Waals surface area contributed by atoms with Crippen molar-refractivity contribution in [1.29, 1.82) is 0 Å². The molecule has 0 saturated carbocycles. The number of rotatable bonds is 13. The van der Waals surface area contributed by atoms with Gasteiger partial charge in [-0.05, 0) is 135 Å². The van der Waals surface area contributed by atoms with Crippen molar-refractivity contribution in [2.24, 2.45) is 0 Å². The van der Waals surface area contributed by atoms with Gasteiger partial charge >= 0.3 is 12.1 Å². The molecule has 536 valence electrons. The maximum absolute atomic E-state index is 13.3. The average molecular weight is 1530 g/mol. The van der Waals surface area contributed by atoms with Crippen LogP contribution in [0.2, 0.25) is 0 Å². The number of piperazine rings is 2. The Hall–Kier alpha value is -10.7. The van der Waals surface area contributed by atoms with E-state index in [9.17, 15) is 57.5 Å². The molecule has 3 unspecified atom stereocenters. The van der Waals surface area contributed by atoms with Gasteiger partial charge in [0.15, 0.2) is 11.8 Å². The van der Waals surface area contributed by atoms with E-state index in [0.29, 0.717) is 98.5 Å². The van der Waals surface area contributed by atoms with Crippen molar-refractivity contribution in [3.8, 4) is 35.7 Å². The number of likely N-dealkylation sites (N-methyl/N-ethyl adjacent to an activating group) is 2. The molecule has 13 amide bonds. The SMILES string of the molecule is C#C[C@]1(CN2Cc3ccc(OC)cc3C2=O)NC(=O)NC1=O.CN1CCN(C(=O)C2CCC(=O)N2c2ccc(Br)cc2)CC1.COc1ccc2c(c1)C(=O)N(C[C@@]1(C#Cc3ccc(N4C(=O)CCC4C(=O)N4CCN(C)CC4)cc3)NC(=O)NC1=O)C2.O=COC1CCC(=O)N1c1ccc(Br)cc1. The second kappa shape index (κ2) is 31.7. The summed E-state index contributed by atoms with van der Waals surface area (Å²) >= 11 is 6.72. The Morgan fingerprint density at radius 3 is 1.35 bits per heavy atom. The quantitative estimate of drug-likeness (QED) is 0.0729. The number of halogens is 2. The van der Waals surface area contributed by atoms with Crippen LogP contribution in [0.4, 0.5) is 26.7 Å². The molecule has 5 aromatic carbocycles. The predicted octanol–water partition coefficient (Wildman–Crippen LogP) is 4.21. The number of carbonyl (C=O) groups is 12. The number of terminal acetylenes is 1. The van der Waals surface area contributed by atoms with E-state index < -0.39 is 47.2 Å². The smallest absolute Gasteiger partial charge is 0.323 e. The lowest BCUT2D eigenvalue weighted by Crippen LogP contribution is -2.54. The van der Waals surface area contributed by atoms with Gasteiger partial charge in [-0.25, -0.2) is 9.59 Å². The number of nitrogens with one attached hydrogen (secondary N) is 4. The standard InChI is InChI=1S/C31H32N6O6.C16H20BrN3O2.C15H13N3O4.C11H10BrNO3/c1-34-13-15-35(16-14-34)28(40)25-9-10-26(38)37(25)22-6-3-20(4-7-22)11-12-31(29(41)32-30(42)33-31)19-36-18-21-5-8-23(43-2)17-24(21)27(36)39;1-18-8-10-19(11-9-18)16(22)14-6-7-15(21)20(14)13-4-2-12(17)3-5-13;1-3-15(13(20)16-14(21)17-15)8-18-7-9-4-5-10(22-2)6-11(9)12(18)19;12-8-1-3-9(4-2-8)13-10(15)5-6-11(13)16-7-14/h3-8,17,25H,9-10,13-16,18-19H2,1-2H3,(H2,32,33,41,42);2-5,14H,6-11H2,1H3;1,4-6H,7-8H2,2H3,(H2,16,17,20,21);1-4,7,11H,5-6H2/t25?,31-;;15-;/m1.1./s1. The molecule has 0 aromatic heterocycles. The van der Waals surface area contributed by atoms with Crippen LogP contribution in [0.3, 0.4) is 0 Å². The van der Waals surface area contributed by atoms with Gasteiger partial charge in [0.05, 0.1) is 27.3 Å². The van der Waals surface area contributed by atoms with Crippen molar-refractivity contribution in [2.75, 3.05) is 108 Å². The lowest BCUT2D eigenvalue weighted by molar-refractivity contribution is -0.135. The average Bonchev–Trinajstić information content (AvgIpc) is 1.64. The molecule has 7 fully saturated rings. The lowest BCUT2D eigenvalue weighted by atomic mass is 9.99. The van der Waals surface area contributed by atoms with Crippen molar-refractivity contribution in [2.45, 2.75) is 81.0 Å². The molecule has 9 heterocycles. The van der Waals surface area contributed by atoms with E-state index in [1.54, 1.807) is 70.5 Å². The first-order valence-corrected chi connectivity index (χ1v) is 34.8. The minimum atomic E-state index is -1.65. The summed E-state index contributed by atoms with van der Waals surface area (Å²) in [6, 6.07) is 29.9. The first-order chi connectivity index (χ1) is 49.4. The monoisotopic (exact) mass is 1530 g/mol. The minimum absolute atomic E-state index is 0.0193. The number of nitrogens with zero attached hydrogens (tertiary/aromatic N) is 9. The third-order valence-electron chi connectivity index (χ3n) is 19.2. The van der Waals surface area contributed by atoms with E-state index in [-0.39, 0.29) is 67.0 Å². The fourth-order valence-corrected chi connectivity index (χ4v) is 14.0. The first-order valence-electron chi connectivity index (χ1n) is 33.3. The van der Waals surface area contributed by atoms with E-state index in [4.69, 9.17) is 20.6 Å². The highest BCUT2D eigenvalue weighted by Crippen LogP contribution is 2.34. The van der Waals surface area contributed by atoms with Crippen LogP contribution in [0.25, 0.3) is 0 Å². The molecule has 7 saturated heterocycles. The van der Waals surface area contributed by atoms with Crippen LogP contribution in [0.15, 0.2) is 118 Å². The Labute approximate surface area is 610 Å². The number of methoxy groups -OCH3 is 2. The van der Waals surface area contributed by atoms with Gasteiger partial charge in [0.2, 0.25) is 35.1 Å². The normalized spacial score (nSPS) is 22.8. The topological polar surface area (TPSA) is 310 Å². The Bertz CT molecular complexity index is 4300. The van der Waals surface area contributed by atoms with Crippen molar-refractivity contribution >= 4 is 121 Å². The van der Waals surface area contributed by atoms with Crippen LogP contribution in [-0.2, 0) is 56.2 Å². The van der Waals surface area contributed by atoms with Crippen LogP contribution in [0, 0.1) is 24.2 Å². The zero-order chi connectivity index (χ0) is 73.4. The largest absolute Gasteiger partial charge is 0.497 e. The molecule has 103 heavy (non-hydrogen) atoms. The van der Waals surface area contributed by atoms with E-state index in [2.05, 4.69) is 87.7 Å². The summed E-state index contributed by atoms with van der Waals surface area (Å²) in [7, 11) is 7.12. The summed E-state index contributed by atoms with van der Waals surface area (Å²) < 4.78 is 17.1. The summed E-state index contributed by atoms with van der Waals surface area (Å²) in [5.41, 5.74) is 2.10. The number of urea groups is 2. The van der Waals surface area contributed by atoms with Crippen molar-refractivity contribution in [3.05, 3.63) is 146 Å². The third-order valence-corrected chi connectivity index (χ3v) is 20.2. The van der Waals surface area contributed by atoms with Crippen molar-refractivity contribution in [3.63, 3.8) is 0 Å².